The lowest BCUT2D eigenvalue weighted by Crippen LogP contribution is -2.23. The van der Waals surface area contributed by atoms with E-state index < -0.39 is 0 Å². The first-order valence-electron chi connectivity index (χ1n) is 6.56. The van der Waals surface area contributed by atoms with Gasteiger partial charge in [-0.2, -0.15) is 0 Å². The molecule has 0 saturated carbocycles. The second-order valence-corrected chi connectivity index (χ2v) is 5.42. The lowest BCUT2D eigenvalue weighted by Gasteiger charge is -2.17. The van der Waals surface area contributed by atoms with Crippen LogP contribution in [0.2, 0.25) is 0 Å². The summed E-state index contributed by atoms with van der Waals surface area (Å²) in [6, 6.07) is 10.9. The van der Waals surface area contributed by atoms with Crippen molar-refractivity contribution in [3.63, 3.8) is 0 Å². The van der Waals surface area contributed by atoms with Gasteiger partial charge < -0.3 is 5.32 Å². The van der Waals surface area contributed by atoms with E-state index in [0.717, 1.165) is 23.6 Å². The van der Waals surface area contributed by atoms with E-state index in [-0.39, 0.29) is 0 Å². The van der Waals surface area contributed by atoms with Gasteiger partial charge in [-0.15, -0.1) is 11.3 Å². The fourth-order valence-electron chi connectivity index (χ4n) is 2.32. The highest BCUT2D eigenvalue weighted by Crippen LogP contribution is 2.19. The molecule has 19 heavy (non-hydrogen) atoms. The fraction of sp³-hybridized carbons (Fsp3) is 0.267. The summed E-state index contributed by atoms with van der Waals surface area (Å²) in [4.78, 5) is 5.73. The zero-order valence-electron chi connectivity index (χ0n) is 10.9. The minimum absolute atomic E-state index is 0.329. The number of nitrogens with one attached hydrogen (secondary N) is 1. The van der Waals surface area contributed by atoms with Crippen LogP contribution in [0, 0.1) is 0 Å². The number of hydrogen-bond donors (Lipinski definition) is 1. The van der Waals surface area contributed by atoms with E-state index in [1.54, 1.807) is 11.3 Å². The van der Waals surface area contributed by atoms with Crippen LogP contribution < -0.4 is 5.32 Å². The van der Waals surface area contributed by atoms with Gasteiger partial charge >= 0.3 is 0 Å². The van der Waals surface area contributed by atoms with Crippen LogP contribution in [-0.4, -0.2) is 15.9 Å². The predicted octanol–water partition coefficient (Wildman–Crippen LogP) is 3.29. The van der Waals surface area contributed by atoms with Gasteiger partial charge in [0.25, 0.3) is 0 Å². The van der Waals surface area contributed by atoms with Crippen molar-refractivity contribution in [2.24, 2.45) is 0 Å². The number of fused-ring (bicyclic) bond motifs is 1. The molecule has 98 valence electrons. The van der Waals surface area contributed by atoms with Crippen molar-refractivity contribution in [3.8, 4) is 0 Å². The summed E-state index contributed by atoms with van der Waals surface area (Å²) in [5, 5.41) is 5.60. The minimum Gasteiger partial charge on any atom is -0.310 e. The van der Waals surface area contributed by atoms with Gasteiger partial charge in [0.2, 0.25) is 0 Å². The number of nitrogens with zero attached hydrogens (tertiary/aromatic N) is 2. The molecule has 0 saturated heterocycles. The zero-order valence-corrected chi connectivity index (χ0v) is 11.7. The summed E-state index contributed by atoms with van der Waals surface area (Å²) in [5.74, 6) is 0. The number of rotatable bonds is 5. The molecule has 1 N–H and O–H groups in total. The topological polar surface area (TPSA) is 29.3 Å². The number of thiazole rings is 1. The molecule has 0 aliphatic heterocycles. The normalized spacial score (nSPS) is 12.9. The van der Waals surface area contributed by atoms with E-state index in [1.807, 2.05) is 0 Å². The molecule has 0 amide bonds. The maximum Gasteiger partial charge on any atom is 0.193 e. The van der Waals surface area contributed by atoms with Crippen LogP contribution in [0.5, 0.6) is 0 Å². The van der Waals surface area contributed by atoms with E-state index >= 15 is 0 Å². The standard InChI is InChI=1S/C15H17N3S/c1-2-16-14(12-6-4-3-5-7-12)10-13-11-18-8-9-19-15(18)17-13/h3-9,11,14,16H,2,10H2,1H3. The average Bonchev–Trinajstić information content (AvgIpc) is 3.00. The van der Waals surface area contributed by atoms with Gasteiger partial charge in [-0.3, -0.25) is 4.40 Å². The quantitative estimate of drug-likeness (QED) is 0.771. The van der Waals surface area contributed by atoms with Crippen molar-refractivity contribution in [1.82, 2.24) is 14.7 Å². The number of imidazole rings is 1. The van der Waals surface area contributed by atoms with Crippen LogP contribution in [0.1, 0.15) is 24.2 Å². The van der Waals surface area contributed by atoms with E-state index in [4.69, 9.17) is 0 Å². The highest BCUT2D eigenvalue weighted by molar-refractivity contribution is 7.15. The molecule has 0 aliphatic carbocycles. The summed E-state index contributed by atoms with van der Waals surface area (Å²) in [6.07, 6.45) is 5.10. The largest absolute Gasteiger partial charge is 0.310 e. The first-order valence-corrected chi connectivity index (χ1v) is 7.44. The van der Waals surface area contributed by atoms with Crippen LogP contribution in [0.15, 0.2) is 48.1 Å². The molecule has 0 radical (unpaired) electrons. The number of aromatic nitrogens is 2. The molecule has 3 aromatic rings. The molecule has 1 unspecified atom stereocenters. The zero-order chi connectivity index (χ0) is 13.1. The Bertz CT molecular complexity index is 613. The van der Waals surface area contributed by atoms with Gasteiger partial charge in [-0.1, -0.05) is 37.3 Å². The minimum atomic E-state index is 0.329. The Morgan fingerprint density at radius 2 is 2.16 bits per heavy atom. The Labute approximate surface area is 116 Å². The Kier molecular flexibility index (Phi) is 3.62. The smallest absolute Gasteiger partial charge is 0.193 e. The first-order chi connectivity index (χ1) is 9.36. The first kappa shape index (κ1) is 12.4. The Morgan fingerprint density at radius 1 is 1.32 bits per heavy atom. The van der Waals surface area contributed by atoms with Crippen LogP contribution in [0.3, 0.4) is 0 Å². The Morgan fingerprint density at radius 3 is 2.89 bits per heavy atom. The molecule has 0 spiro atoms. The Balaban J connectivity index is 1.83. The third-order valence-corrected chi connectivity index (χ3v) is 3.98. The van der Waals surface area contributed by atoms with Gasteiger partial charge in [0, 0.05) is 30.2 Å². The monoisotopic (exact) mass is 271 g/mol. The summed E-state index contributed by atoms with van der Waals surface area (Å²) in [6.45, 7) is 3.10. The summed E-state index contributed by atoms with van der Waals surface area (Å²) < 4.78 is 2.09. The summed E-state index contributed by atoms with van der Waals surface area (Å²) in [5.41, 5.74) is 2.46. The second kappa shape index (κ2) is 5.55. The van der Waals surface area contributed by atoms with Crippen molar-refractivity contribution in [1.29, 1.82) is 0 Å². The van der Waals surface area contributed by atoms with E-state index in [2.05, 4.69) is 69.7 Å². The second-order valence-electron chi connectivity index (χ2n) is 4.55. The van der Waals surface area contributed by atoms with Gasteiger partial charge in [-0.05, 0) is 12.1 Å². The van der Waals surface area contributed by atoms with Gasteiger partial charge in [0.1, 0.15) is 0 Å². The van der Waals surface area contributed by atoms with Crippen molar-refractivity contribution in [2.75, 3.05) is 6.54 Å². The van der Waals surface area contributed by atoms with E-state index in [9.17, 15) is 0 Å². The van der Waals surface area contributed by atoms with Gasteiger partial charge in [0.15, 0.2) is 4.96 Å². The molecule has 1 aromatic carbocycles. The van der Waals surface area contributed by atoms with Gasteiger partial charge in [0.05, 0.1) is 5.69 Å². The lowest BCUT2D eigenvalue weighted by molar-refractivity contribution is 0.545. The molecule has 3 nitrogen and oxygen atoms in total. The van der Waals surface area contributed by atoms with Crippen molar-refractivity contribution < 1.29 is 0 Å². The van der Waals surface area contributed by atoms with Crippen LogP contribution >= 0.6 is 11.3 Å². The molecule has 2 aromatic heterocycles. The van der Waals surface area contributed by atoms with Crippen molar-refractivity contribution >= 4 is 16.3 Å². The number of hydrogen-bond acceptors (Lipinski definition) is 3. The maximum absolute atomic E-state index is 4.66. The third-order valence-electron chi connectivity index (χ3n) is 3.21. The van der Waals surface area contributed by atoms with E-state index in [1.165, 1.54) is 5.56 Å². The lowest BCUT2D eigenvalue weighted by atomic mass is 10.0. The number of likely N-dealkylation sites (N-methyl/N-ethyl adjacent to an activating group) is 1. The molecule has 0 bridgehead atoms. The van der Waals surface area contributed by atoms with Crippen LogP contribution in [0.25, 0.3) is 4.96 Å². The van der Waals surface area contributed by atoms with Crippen molar-refractivity contribution in [2.45, 2.75) is 19.4 Å². The van der Waals surface area contributed by atoms with Gasteiger partial charge in [-0.25, -0.2) is 4.98 Å². The summed E-state index contributed by atoms with van der Waals surface area (Å²) >= 11 is 1.68. The molecule has 0 aliphatic rings. The molecular formula is C15H17N3S. The molecule has 2 heterocycles. The number of benzene rings is 1. The van der Waals surface area contributed by atoms with Crippen LogP contribution in [0.4, 0.5) is 0 Å². The summed E-state index contributed by atoms with van der Waals surface area (Å²) in [7, 11) is 0. The molecule has 4 heteroatoms. The predicted molar refractivity (Wildman–Crippen MR) is 79.6 cm³/mol. The molecule has 1 atom stereocenters. The fourth-order valence-corrected chi connectivity index (χ4v) is 3.04. The average molecular weight is 271 g/mol. The molecular weight excluding hydrogens is 254 g/mol. The highest BCUT2D eigenvalue weighted by Gasteiger charge is 2.13. The van der Waals surface area contributed by atoms with E-state index in [0.29, 0.717) is 6.04 Å². The highest BCUT2D eigenvalue weighted by atomic mass is 32.1. The maximum atomic E-state index is 4.66. The SMILES string of the molecule is CCNC(Cc1cn2ccsc2n1)c1ccccc1. The Hall–Kier alpha value is -1.65. The third kappa shape index (κ3) is 2.69. The molecule has 0 fully saturated rings. The van der Waals surface area contributed by atoms with Crippen molar-refractivity contribution in [3.05, 3.63) is 59.4 Å². The van der Waals surface area contributed by atoms with Crippen LogP contribution in [-0.2, 0) is 6.42 Å². The molecule has 3 rings (SSSR count).